The van der Waals surface area contributed by atoms with Crippen LogP contribution < -0.4 is 9.80 Å². The van der Waals surface area contributed by atoms with Crippen molar-refractivity contribution in [1.29, 1.82) is 0 Å². The number of likely N-dealkylation sites (N-methyl/N-ethyl adjacent to an activating group) is 1. The van der Waals surface area contributed by atoms with Crippen molar-refractivity contribution in [2.24, 2.45) is 0 Å². The largest absolute Gasteiger partial charge is 0.354 e. The second-order valence-electron chi connectivity index (χ2n) is 6.34. The van der Waals surface area contributed by atoms with Crippen LogP contribution in [0.2, 0.25) is 5.15 Å². The van der Waals surface area contributed by atoms with Gasteiger partial charge in [-0.2, -0.15) is 0 Å². The van der Waals surface area contributed by atoms with Crippen molar-refractivity contribution in [3.05, 3.63) is 41.2 Å². The zero-order valence-electron chi connectivity index (χ0n) is 14.0. The van der Waals surface area contributed by atoms with Gasteiger partial charge in [0.15, 0.2) is 11.6 Å². The number of anilines is 2. The van der Waals surface area contributed by atoms with Crippen molar-refractivity contribution in [2.45, 2.75) is 19.4 Å². The molecule has 4 heterocycles. The number of hydrogen-bond acceptors (Lipinski definition) is 5. The Kier molecular flexibility index (Phi) is 3.95. The molecule has 0 aromatic carbocycles. The number of halogens is 2. The van der Waals surface area contributed by atoms with Crippen LogP contribution in [-0.2, 0) is 0 Å². The topological polar surface area (TPSA) is 60.9 Å². The van der Waals surface area contributed by atoms with Crippen LogP contribution in [0.4, 0.5) is 16.0 Å². The third-order valence-corrected chi connectivity index (χ3v) is 5.15. The Balaban J connectivity index is 1.58. The Labute approximate surface area is 149 Å². The number of nitrogens with zero attached hydrogens (tertiary/aromatic N) is 5. The minimum atomic E-state index is -0.349. The summed E-state index contributed by atoms with van der Waals surface area (Å²) in [4.78, 5) is 20.1. The lowest BCUT2D eigenvalue weighted by Gasteiger charge is -2.27. The number of nitrogens with one attached hydrogen (secondary N) is 1. The zero-order chi connectivity index (χ0) is 17.6. The number of aryl methyl sites for hydroxylation is 1. The number of rotatable bonds is 3. The van der Waals surface area contributed by atoms with Gasteiger partial charge in [0.25, 0.3) is 0 Å². The second kappa shape index (κ2) is 6.15. The minimum Gasteiger partial charge on any atom is -0.354 e. The molecule has 1 atom stereocenters. The zero-order valence-corrected chi connectivity index (χ0v) is 14.8. The Morgan fingerprint density at radius 3 is 3.08 bits per heavy atom. The molecule has 6 nitrogen and oxygen atoms in total. The summed E-state index contributed by atoms with van der Waals surface area (Å²) in [7, 11) is 1.86. The summed E-state index contributed by atoms with van der Waals surface area (Å²) in [5.74, 6) is 0.840. The van der Waals surface area contributed by atoms with E-state index in [1.54, 1.807) is 13.3 Å². The SMILES string of the molecule is Cc1cc(F)c(N(C)C2CCN(c3ncnc4[nH]ccc34)C2)nc1Cl. The van der Waals surface area contributed by atoms with E-state index in [-0.39, 0.29) is 17.7 Å². The van der Waals surface area contributed by atoms with Gasteiger partial charge in [-0.15, -0.1) is 0 Å². The molecule has 0 spiro atoms. The normalized spacial score (nSPS) is 17.4. The van der Waals surface area contributed by atoms with Crippen molar-refractivity contribution >= 4 is 34.3 Å². The van der Waals surface area contributed by atoms with E-state index in [0.29, 0.717) is 10.7 Å². The fraction of sp³-hybridized carbons (Fsp3) is 0.353. The monoisotopic (exact) mass is 360 g/mol. The average molecular weight is 361 g/mol. The van der Waals surface area contributed by atoms with Gasteiger partial charge in [-0.3, -0.25) is 0 Å². The van der Waals surface area contributed by atoms with E-state index < -0.39 is 0 Å². The third-order valence-electron chi connectivity index (χ3n) is 4.76. The summed E-state index contributed by atoms with van der Waals surface area (Å²) in [5, 5.41) is 1.33. The van der Waals surface area contributed by atoms with Crippen LogP contribution in [0.15, 0.2) is 24.7 Å². The van der Waals surface area contributed by atoms with Gasteiger partial charge >= 0.3 is 0 Å². The van der Waals surface area contributed by atoms with Crippen molar-refractivity contribution in [2.75, 3.05) is 29.9 Å². The van der Waals surface area contributed by atoms with Crippen LogP contribution in [-0.4, -0.2) is 46.1 Å². The van der Waals surface area contributed by atoms with Gasteiger partial charge in [-0.1, -0.05) is 11.6 Å². The van der Waals surface area contributed by atoms with Gasteiger partial charge in [0.2, 0.25) is 0 Å². The average Bonchev–Trinajstić information content (AvgIpc) is 3.26. The lowest BCUT2D eigenvalue weighted by atomic mass is 10.2. The predicted molar refractivity (Wildman–Crippen MR) is 96.9 cm³/mol. The van der Waals surface area contributed by atoms with Gasteiger partial charge in [-0.05, 0) is 31.0 Å². The van der Waals surface area contributed by atoms with Crippen molar-refractivity contribution < 1.29 is 4.39 Å². The lowest BCUT2D eigenvalue weighted by molar-refractivity contribution is 0.595. The van der Waals surface area contributed by atoms with Gasteiger partial charge in [0.1, 0.15) is 22.9 Å². The van der Waals surface area contributed by atoms with Gasteiger partial charge in [0, 0.05) is 32.4 Å². The predicted octanol–water partition coefficient (Wildman–Crippen LogP) is 3.17. The Morgan fingerprint density at radius 2 is 2.24 bits per heavy atom. The van der Waals surface area contributed by atoms with E-state index in [9.17, 15) is 4.39 Å². The second-order valence-corrected chi connectivity index (χ2v) is 6.70. The molecule has 1 aliphatic rings. The minimum absolute atomic E-state index is 0.129. The van der Waals surface area contributed by atoms with E-state index in [2.05, 4.69) is 24.8 Å². The molecule has 0 saturated carbocycles. The first kappa shape index (κ1) is 16.1. The maximum absolute atomic E-state index is 14.3. The maximum Gasteiger partial charge on any atom is 0.166 e. The quantitative estimate of drug-likeness (QED) is 0.727. The molecule has 4 rings (SSSR count). The van der Waals surface area contributed by atoms with Gasteiger partial charge in [0.05, 0.1) is 5.39 Å². The molecule has 1 N–H and O–H groups in total. The number of H-pyrrole nitrogens is 1. The molecule has 25 heavy (non-hydrogen) atoms. The molecule has 1 fully saturated rings. The smallest absolute Gasteiger partial charge is 0.166 e. The standard InChI is InChI=1S/C17H18ClFN6/c1-10-7-13(19)17(23-14(10)18)24(2)11-4-6-25(8-11)16-12-3-5-20-15(12)21-9-22-16/h3,5,7,9,11H,4,6,8H2,1-2H3,(H,20,21,22). The number of pyridine rings is 1. The molecule has 1 saturated heterocycles. The Hall–Kier alpha value is -2.41. The summed E-state index contributed by atoms with van der Waals surface area (Å²) in [5.41, 5.74) is 1.46. The molecular weight excluding hydrogens is 343 g/mol. The van der Waals surface area contributed by atoms with Crippen LogP contribution in [0.3, 0.4) is 0 Å². The highest BCUT2D eigenvalue weighted by Crippen LogP contribution is 2.29. The van der Waals surface area contributed by atoms with E-state index >= 15 is 0 Å². The van der Waals surface area contributed by atoms with Crippen LogP contribution in [0.25, 0.3) is 11.0 Å². The molecule has 1 aliphatic heterocycles. The van der Waals surface area contributed by atoms with E-state index in [1.165, 1.54) is 6.07 Å². The van der Waals surface area contributed by atoms with Crippen molar-refractivity contribution in [3.63, 3.8) is 0 Å². The highest BCUT2D eigenvalue weighted by atomic mass is 35.5. The molecule has 0 bridgehead atoms. The lowest BCUT2D eigenvalue weighted by Crippen LogP contribution is -2.36. The Bertz CT molecular complexity index is 927. The van der Waals surface area contributed by atoms with E-state index in [4.69, 9.17) is 11.6 Å². The fourth-order valence-electron chi connectivity index (χ4n) is 3.33. The molecule has 130 valence electrons. The summed E-state index contributed by atoms with van der Waals surface area (Å²) >= 11 is 6.08. The maximum atomic E-state index is 14.3. The van der Waals surface area contributed by atoms with Crippen molar-refractivity contribution in [1.82, 2.24) is 19.9 Å². The molecule has 0 amide bonds. The number of hydrogen-bond donors (Lipinski definition) is 1. The summed E-state index contributed by atoms with van der Waals surface area (Å²) < 4.78 is 14.3. The van der Waals surface area contributed by atoms with Crippen molar-refractivity contribution in [3.8, 4) is 0 Å². The summed E-state index contributed by atoms with van der Waals surface area (Å²) in [6, 6.07) is 3.54. The molecule has 0 radical (unpaired) electrons. The molecule has 0 aliphatic carbocycles. The number of aromatic nitrogens is 4. The molecule has 1 unspecified atom stereocenters. The van der Waals surface area contributed by atoms with E-state index in [0.717, 1.165) is 36.4 Å². The third kappa shape index (κ3) is 2.78. The first-order valence-corrected chi connectivity index (χ1v) is 8.51. The van der Waals surface area contributed by atoms with Crippen LogP contribution >= 0.6 is 11.6 Å². The van der Waals surface area contributed by atoms with Gasteiger partial charge in [-0.25, -0.2) is 19.3 Å². The van der Waals surface area contributed by atoms with Crippen LogP contribution in [0, 0.1) is 12.7 Å². The Morgan fingerprint density at radius 1 is 1.40 bits per heavy atom. The van der Waals surface area contributed by atoms with Crippen LogP contribution in [0.5, 0.6) is 0 Å². The first-order chi connectivity index (χ1) is 12.0. The van der Waals surface area contributed by atoms with Crippen LogP contribution in [0.1, 0.15) is 12.0 Å². The fourth-order valence-corrected chi connectivity index (χ4v) is 3.46. The highest BCUT2D eigenvalue weighted by molar-refractivity contribution is 6.30. The first-order valence-electron chi connectivity index (χ1n) is 8.13. The molecular formula is C17H18ClFN6. The summed E-state index contributed by atoms with van der Waals surface area (Å²) in [6.07, 6.45) is 4.31. The molecule has 3 aromatic heterocycles. The molecule has 8 heteroatoms. The summed E-state index contributed by atoms with van der Waals surface area (Å²) in [6.45, 7) is 3.32. The molecule has 3 aromatic rings. The number of aromatic amines is 1. The number of fused-ring (bicyclic) bond motifs is 1. The van der Waals surface area contributed by atoms with E-state index in [1.807, 2.05) is 24.2 Å². The highest BCUT2D eigenvalue weighted by Gasteiger charge is 2.30. The van der Waals surface area contributed by atoms with Gasteiger partial charge < -0.3 is 14.8 Å².